The Morgan fingerprint density at radius 1 is 1.54 bits per heavy atom. The fraction of sp³-hybridized carbons (Fsp3) is 0. The molecule has 5 nitrogen and oxygen atoms in total. The third-order valence-electron chi connectivity index (χ3n) is 1.47. The number of nitrogens with zero attached hydrogens (tertiary/aromatic N) is 2. The molecule has 0 saturated carbocycles. The number of carboxylic acids is 1. The van der Waals surface area contributed by atoms with Crippen LogP contribution < -0.4 is 34.7 Å². The Bertz CT molecular complexity index is 440. The van der Waals surface area contributed by atoms with Gasteiger partial charge in [-0.25, -0.2) is 0 Å². The second kappa shape index (κ2) is 3.87. The van der Waals surface area contributed by atoms with Crippen LogP contribution in [0.3, 0.4) is 0 Å². The first kappa shape index (κ1) is 10.2. The number of aromatic nitrogens is 2. The number of carbonyl (C=O) groups excluding carboxylic acids is 1. The van der Waals surface area contributed by atoms with Crippen molar-refractivity contribution in [3.63, 3.8) is 0 Å². The molecule has 0 aliphatic heterocycles. The van der Waals surface area contributed by atoms with E-state index in [0.717, 1.165) is 0 Å². The van der Waals surface area contributed by atoms with Crippen molar-refractivity contribution >= 4 is 16.9 Å². The Kier molecular flexibility index (Phi) is 3.02. The second-order valence-corrected chi connectivity index (χ2v) is 2.19. The van der Waals surface area contributed by atoms with Gasteiger partial charge in [0.15, 0.2) is 5.58 Å². The molecule has 0 amide bonds. The number of rotatable bonds is 1. The van der Waals surface area contributed by atoms with Crippen LogP contribution in [0.15, 0.2) is 23.0 Å². The molecule has 2 aromatic rings. The Morgan fingerprint density at radius 3 is 3.00 bits per heavy atom. The number of carboxylic acid groups (broad SMARTS) is 1. The molecule has 0 radical (unpaired) electrons. The Hall–Kier alpha value is -0.910. The van der Waals surface area contributed by atoms with Crippen LogP contribution in [-0.2, 0) is 0 Å². The number of pyridine rings is 1. The predicted molar refractivity (Wildman–Crippen MR) is 36.1 cm³/mol. The van der Waals surface area contributed by atoms with Crippen LogP contribution >= 0.6 is 0 Å². The maximum absolute atomic E-state index is 10.4. The fourth-order valence-corrected chi connectivity index (χ4v) is 0.940. The predicted octanol–water partition coefficient (Wildman–Crippen LogP) is -3.41. The van der Waals surface area contributed by atoms with E-state index in [2.05, 4.69) is 14.7 Å². The molecule has 60 valence electrons. The molecule has 0 atom stereocenters. The second-order valence-electron chi connectivity index (χ2n) is 2.19. The molecule has 0 spiro atoms. The Morgan fingerprint density at radius 2 is 2.31 bits per heavy atom. The van der Waals surface area contributed by atoms with Gasteiger partial charge in [0.25, 0.3) is 0 Å². The SMILES string of the molecule is O=C([O-])c1noc2cnccc12.[Na+]. The normalized spacial score (nSPS) is 9.54. The summed E-state index contributed by atoms with van der Waals surface area (Å²) in [6.07, 6.45) is 2.86. The van der Waals surface area contributed by atoms with E-state index in [9.17, 15) is 9.90 Å². The topological polar surface area (TPSA) is 79.0 Å². The Labute approximate surface area is 95.0 Å². The molecule has 0 N–H and O–H groups in total. The largest absolute Gasteiger partial charge is 1.00 e. The van der Waals surface area contributed by atoms with Crippen molar-refractivity contribution < 1.29 is 44.0 Å². The summed E-state index contributed by atoms with van der Waals surface area (Å²) in [6.45, 7) is 0. The monoisotopic (exact) mass is 186 g/mol. The van der Waals surface area contributed by atoms with Gasteiger partial charge in [-0.1, -0.05) is 5.16 Å². The summed E-state index contributed by atoms with van der Waals surface area (Å²) in [7, 11) is 0. The molecule has 0 aliphatic carbocycles. The van der Waals surface area contributed by atoms with Gasteiger partial charge in [0.05, 0.1) is 17.6 Å². The standard InChI is InChI=1S/C7H4N2O3.Na/c10-7(11)6-4-1-2-8-3-5(4)12-9-6;/h1-3H,(H,10,11);/q;+1/p-1. The molecule has 13 heavy (non-hydrogen) atoms. The van der Waals surface area contributed by atoms with Crippen molar-refractivity contribution in [1.82, 2.24) is 10.1 Å². The molecule has 0 aromatic carbocycles. The van der Waals surface area contributed by atoms with Crippen molar-refractivity contribution in [2.24, 2.45) is 0 Å². The first-order valence-corrected chi connectivity index (χ1v) is 3.20. The van der Waals surface area contributed by atoms with E-state index in [1.807, 2.05) is 0 Å². The number of hydrogen-bond acceptors (Lipinski definition) is 5. The molecular weight excluding hydrogens is 183 g/mol. The van der Waals surface area contributed by atoms with E-state index in [0.29, 0.717) is 11.0 Å². The smallest absolute Gasteiger partial charge is 0.543 e. The minimum Gasteiger partial charge on any atom is -0.543 e. The molecule has 2 rings (SSSR count). The molecule has 6 heteroatoms. The van der Waals surface area contributed by atoms with Crippen LogP contribution in [-0.4, -0.2) is 16.1 Å². The zero-order valence-electron chi connectivity index (χ0n) is 6.85. The summed E-state index contributed by atoms with van der Waals surface area (Å²) < 4.78 is 4.68. The summed E-state index contributed by atoms with van der Waals surface area (Å²) in [4.78, 5) is 14.2. The molecule has 2 heterocycles. The van der Waals surface area contributed by atoms with Crippen molar-refractivity contribution in [2.45, 2.75) is 0 Å². The van der Waals surface area contributed by atoms with Gasteiger partial charge in [-0.15, -0.1) is 0 Å². The van der Waals surface area contributed by atoms with Crippen LogP contribution in [0.1, 0.15) is 10.5 Å². The molecule has 0 fully saturated rings. The maximum atomic E-state index is 10.4. The van der Waals surface area contributed by atoms with Crippen LogP contribution in [0.2, 0.25) is 0 Å². The number of hydrogen-bond donors (Lipinski definition) is 0. The van der Waals surface area contributed by atoms with E-state index in [1.54, 1.807) is 0 Å². The van der Waals surface area contributed by atoms with Gasteiger partial charge in [-0.05, 0) is 6.07 Å². The van der Waals surface area contributed by atoms with Crippen molar-refractivity contribution in [1.29, 1.82) is 0 Å². The average molecular weight is 186 g/mol. The minimum atomic E-state index is -1.35. The van der Waals surface area contributed by atoms with Gasteiger partial charge >= 0.3 is 29.6 Å². The number of aromatic carboxylic acids is 1. The van der Waals surface area contributed by atoms with E-state index in [-0.39, 0.29) is 35.3 Å². The fourth-order valence-electron chi connectivity index (χ4n) is 0.940. The third kappa shape index (κ3) is 1.72. The average Bonchev–Trinajstić information content (AvgIpc) is 2.47. The first-order valence-electron chi connectivity index (χ1n) is 3.20. The quantitative estimate of drug-likeness (QED) is 0.433. The zero-order chi connectivity index (χ0) is 8.55. The van der Waals surface area contributed by atoms with Crippen molar-refractivity contribution in [3.05, 3.63) is 24.2 Å². The third-order valence-corrected chi connectivity index (χ3v) is 1.47. The number of fused-ring (bicyclic) bond motifs is 1. The van der Waals surface area contributed by atoms with Gasteiger partial charge in [0.1, 0.15) is 5.69 Å². The van der Waals surface area contributed by atoms with Gasteiger partial charge < -0.3 is 14.4 Å². The molecule has 0 bridgehead atoms. The van der Waals surface area contributed by atoms with Gasteiger partial charge in [0, 0.05) is 6.20 Å². The van der Waals surface area contributed by atoms with Crippen LogP contribution in [0, 0.1) is 0 Å². The van der Waals surface area contributed by atoms with Gasteiger partial charge in [-0.2, -0.15) is 0 Å². The summed E-state index contributed by atoms with van der Waals surface area (Å²) in [5.74, 6) is -1.35. The minimum absolute atomic E-state index is 0. The van der Waals surface area contributed by atoms with Gasteiger partial charge in [0.2, 0.25) is 0 Å². The molecule has 0 unspecified atom stereocenters. The van der Waals surface area contributed by atoms with Crippen molar-refractivity contribution in [2.75, 3.05) is 0 Å². The zero-order valence-corrected chi connectivity index (χ0v) is 8.85. The van der Waals surface area contributed by atoms with Crippen LogP contribution in [0.5, 0.6) is 0 Å². The summed E-state index contributed by atoms with van der Waals surface area (Å²) in [6, 6.07) is 1.51. The van der Waals surface area contributed by atoms with E-state index in [1.165, 1.54) is 18.5 Å². The van der Waals surface area contributed by atoms with E-state index < -0.39 is 5.97 Å². The molecular formula is C7H3N2NaO3. The summed E-state index contributed by atoms with van der Waals surface area (Å²) in [5, 5.41) is 14.1. The first-order chi connectivity index (χ1) is 5.79. The van der Waals surface area contributed by atoms with Gasteiger partial charge in [-0.3, -0.25) is 4.98 Å². The number of carbonyl (C=O) groups is 1. The molecule has 0 saturated heterocycles. The summed E-state index contributed by atoms with van der Waals surface area (Å²) in [5.41, 5.74) is 0.157. The molecule has 2 aromatic heterocycles. The van der Waals surface area contributed by atoms with Crippen LogP contribution in [0.25, 0.3) is 11.0 Å². The van der Waals surface area contributed by atoms with Crippen molar-refractivity contribution in [3.8, 4) is 0 Å². The Balaban J connectivity index is 0.000000845. The summed E-state index contributed by atoms with van der Waals surface area (Å²) >= 11 is 0. The van der Waals surface area contributed by atoms with E-state index >= 15 is 0 Å². The van der Waals surface area contributed by atoms with Crippen LogP contribution in [0.4, 0.5) is 0 Å². The molecule has 0 aliphatic rings. The van der Waals surface area contributed by atoms with E-state index in [4.69, 9.17) is 0 Å². The maximum Gasteiger partial charge on any atom is 1.00 e.